The Labute approximate surface area is 66.7 Å². The molecule has 0 spiro atoms. The van der Waals surface area contributed by atoms with Crippen LogP contribution in [0.15, 0.2) is 0 Å². The normalized spacial score (nSPS) is 18.8. The van der Waals surface area contributed by atoms with Crippen molar-refractivity contribution >= 4 is 23.7 Å². The van der Waals surface area contributed by atoms with Gasteiger partial charge in [-0.25, -0.2) is 0 Å². The average molecular weight is 218 g/mol. The molecule has 0 aliphatic rings. The van der Waals surface area contributed by atoms with Gasteiger partial charge >= 0.3 is 23.7 Å². The molecule has 0 bridgehead atoms. The molecule has 0 radical (unpaired) electrons. The Morgan fingerprint density at radius 2 is 1.36 bits per heavy atom. The molecule has 0 N–H and O–H groups in total. The van der Waals surface area contributed by atoms with E-state index in [1.165, 1.54) is 13.3 Å². The van der Waals surface area contributed by atoms with Crippen molar-refractivity contribution in [2.24, 2.45) is 0 Å². The first-order valence-corrected chi connectivity index (χ1v) is 7.86. The summed E-state index contributed by atoms with van der Waals surface area (Å²) in [6.07, 6.45) is 0. The highest BCUT2D eigenvalue weighted by Gasteiger charge is 2.35. The van der Waals surface area contributed by atoms with Crippen LogP contribution >= 0.6 is 23.7 Å². The van der Waals surface area contributed by atoms with Crippen LogP contribution in [-0.2, 0) is 22.3 Å². The first-order chi connectivity index (χ1) is 4.83. The number of rotatable bonds is 4. The molecule has 0 saturated heterocycles. The van der Waals surface area contributed by atoms with E-state index in [9.17, 15) is 13.7 Å². The molecular formula is C3H9O5P3+2. The summed E-state index contributed by atoms with van der Waals surface area (Å²) < 4.78 is 40.7. The zero-order valence-corrected chi connectivity index (χ0v) is 9.07. The second-order valence-electron chi connectivity index (χ2n) is 1.81. The highest BCUT2D eigenvalue weighted by atomic mass is 31.3. The first kappa shape index (κ1) is 11.4. The molecule has 0 aromatic carbocycles. The molecule has 0 aliphatic heterocycles. The van der Waals surface area contributed by atoms with E-state index in [0.29, 0.717) is 0 Å². The van der Waals surface area contributed by atoms with E-state index in [4.69, 9.17) is 0 Å². The van der Waals surface area contributed by atoms with Gasteiger partial charge in [0.05, 0.1) is 0 Å². The van der Waals surface area contributed by atoms with Crippen molar-refractivity contribution in [2.45, 2.75) is 0 Å². The van der Waals surface area contributed by atoms with E-state index in [2.05, 4.69) is 8.62 Å². The van der Waals surface area contributed by atoms with E-state index in [-0.39, 0.29) is 0 Å². The predicted molar refractivity (Wildman–Crippen MR) is 42.8 cm³/mol. The van der Waals surface area contributed by atoms with Crippen molar-refractivity contribution < 1.29 is 22.3 Å². The summed E-state index contributed by atoms with van der Waals surface area (Å²) in [6.45, 7) is 3.62. The molecular weight excluding hydrogens is 209 g/mol. The molecule has 0 fully saturated rings. The van der Waals surface area contributed by atoms with Crippen LogP contribution < -0.4 is 0 Å². The summed E-state index contributed by atoms with van der Waals surface area (Å²) in [5, 5.41) is 0. The highest BCUT2D eigenvalue weighted by Crippen LogP contribution is 2.56. The topological polar surface area (TPSA) is 69.7 Å². The van der Waals surface area contributed by atoms with Crippen LogP contribution in [0.25, 0.3) is 0 Å². The van der Waals surface area contributed by atoms with Gasteiger partial charge in [0.1, 0.15) is 0 Å². The standard InChI is InChI=1S/C3H9O5P3/c1-9(4)7-11(3,6)8-10(2)5/h1-3H3/q+2. The maximum absolute atomic E-state index is 11.0. The molecule has 0 rings (SSSR count). The van der Waals surface area contributed by atoms with E-state index >= 15 is 0 Å². The Balaban J connectivity index is 4.12. The molecule has 0 amide bonds. The smallest absolute Gasteiger partial charge is 0.252 e. The third kappa shape index (κ3) is 6.74. The van der Waals surface area contributed by atoms with Gasteiger partial charge in [-0.1, -0.05) is 8.62 Å². The Bertz CT molecular complexity index is 203. The van der Waals surface area contributed by atoms with Crippen molar-refractivity contribution in [2.75, 3.05) is 20.0 Å². The van der Waals surface area contributed by atoms with Crippen molar-refractivity contribution in [3.05, 3.63) is 0 Å². The second-order valence-corrected chi connectivity index (χ2v) is 6.42. The fourth-order valence-electron chi connectivity index (χ4n) is 0.433. The molecule has 2 atom stereocenters. The lowest BCUT2D eigenvalue weighted by atomic mass is 12.0. The zero-order chi connectivity index (χ0) is 9.07. The molecule has 64 valence electrons. The van der Waals surface area contributed by atoms with E-state index in [0.717, 1.165) is 6.66 Å². The molecule has 8 heteroatoms. The molecule has 0 saturated carbocycles. The van der Waals surface area contributed by atoms with Gasteiger partial charge in [-0.05, 0) is 9.13 Å². The van der Waals surface area contributed by atoms with Gasteiger partial charge in [0.25, 0.3) is 0 Å². The molecule has 2 unspecified atom stereocenters. The third-order valence-electron chi connectivity index (χ3n) is 0.527. The largest absolute Gasteiger partial charge is 0.513 e. The minimum Gasteiger partial charge on any atom is -0.252 e. The summed E-state index contributed by atoms with van der Waals surface area (Å²) in [4.78, 5) is 0. The lowest BCUT2D eigenvalue weighted by Crippen LogP contribution is -1.80. The Kier molecular flexibility index (Phi) is 4.53. The zero-order valence-electron chi connectivity index (χ0n) is 6.38. The first-order valence-electron chi connectivity index (χ1n) is 2.62. The van der Waals surface area contributed by atoms with Crippen molar-refractivity contribution in [3.63, 3.8) is 0 Å². The Morgan fingerprint density at radius 3 is 1.55 bits per heavy atom. The maximum Gasteiger partial charge on any atom is 0.513 e. The molecule has 0 heterocycles. The van der Waals surface area contributed by atoms with E-state index < -0.39 is 23.7 Å². The van der Waals surface area contributed by atoms with Crippen LogP contribution in [0.2, 0.25) is 0 Å². The minimum absolute atomic E-state index is 1.13. The quantitative estimate of drug-likeness (QED) is 0.678. The monoisotopic (exact) mass is 218 g/mol. The van der Waals surface area contributed by atoms with Crippen molar-refractivity contribution in [1.29, 1.82) is 0 Å². The van der Waals surface area contributed by atoms with Gasteiger partial charge in [0, 0.05) is 6.66 Å². The van der Waals surface area contributed by atoms with Gasteiger partial charge in [0.2, 0.25) is 0 Å². The van der Waals surface area contributed by atoms with Crippen LogP contribution in [0, 0.1) is 0 Å². The van der Waals surface area contributed by atoms with Gasteiger partial charge in [0.15, 0.2) is 13.3 Å². The van der Waals surface area contributed by atoms with Crippen LogP contribution in [0.4, 0.5) is 0 Å². The summed E-state index contributed by atoms with van der Waals surface area (Å²) in [7, 11) is -7.34. The lowest BCUT2D eigenvalue weighted by Gasteiger charge is -1.93. The molecule has 5 nitrogen and oxygen atoms in total. The van der Waals surface area contributed by atoms with Gasteiger partial charge in [-0.2, -0.15) is 0 Å². The summed E-state index contributed by atoms with van der Waals surface area (Å²) in [5.41, 5.74) is 0. The molecule has 0 aliphatic carbocycles. The predicted octanol–water partition coefficient (Wildman–Crippen LogP) is 2.59. The van der Waals surface area contributed by atoms with Crippen molar-refractivity contribution in [1.82, 2.24) is 0 Å². The summed E-state index contributed by atoms with van der Waals surface area (Å²) >= 11 is 0. The molecule has 11 heavy (non-hydrogen) atoms. The Morgan fingerprint density at radius 1 is 1.09 bits per heavy atom. The van der Waals surface area contributed by atoms with E-state index in [1.54, 1.807) is 0 Å². The van der Waals surface area contributed by atoms with Gasteiger partial charge < -0.3 is 0 Å². The average Bonchev–Trinajstić information content (AvgIpc) is 1.53. The number of hydrogen-bond acceptors (Lipinski definition) is 5. The summed E-state index contributed by atoms with van der Waals surface area (Å²) in [5.74, 6) is 0. The third-order valence-corrected chi connectivity index (χ3v) is 4.74. The number of hydrogen-bond donors (Lipinski definition) is 0. The minimum atomic E-state index is -3.37. The SMILES string of the molecule is C[P+](=O)OP(C)(=O)O[P+](C)=O. The van der Waals surface area contributed by atoms with E-state index in [1.807, 2.05) is 0 Å². The fraction of sp³-hybridized carbons (Fsp3) is 1.00. The lowest BCUT2D eigenvalue weighted by molar-refractivity contribution is 0.401. The van der Waals surface area contributed by atoms with Crippen LogP contribution in [0.3, 0.4) is 0 Å². The summed E-state index contributed by atoms with van der Waals surface area (Å²) in [6, 6.07) is 0. The van der Waals surface area contributed by atoms with Crippen molar-refractivity contribution in [3.8, 4) is 0 Å². The van der Waals surface area contributed by atoms with Crippen LogP contribution in [0.5, 0.6) is 0 Å². The van der Waals surface area contributed by atoms with Gasteiger partial charge in [-0.15, -0.1) is 0 Å². The molecule has 0 aromatic rings. The Hall–Kier alpha value is 0.350. The fourth-order valence-corrected chi connectivity index (χ4v) is 4.16. The van der Waals surface area contributed by atoms with Gasteiger partial charge in [-0.3, -0.25) is 4.57 Å². The van der Waals surface area contributed by atoms with Crippen LogP contribution in [0.1, 0.15) is 0 Å². The van der Waals surface area contributed by atoms with Crippen LogP contribution in [-0.4, -0.2) is 20.0 Å². The second kappa shape index (κ2) is 4.39. The molecule has 0 aromatic heterocycles. The maximum atomic E-state index is 11.0. The highest BCUT2D eigenvalue weighted by molar-refractivity contribution is 7.66.